The number of carbonyl (C=O) groups excluding carboxylic acids is 4. The first-order valence-electron chi connectivity index (χ1n) is 7.25. The van der Waals surface area contributed by atoms with Gasteiger partial charge in [0.1, 0.15) is 13.1 Å². The summed E-state index contributed by atoms with van der Waals surface area (Å²) in [5.74, 6) is -1.59. The third-order valence-corrected chi connectivity index (χ3v) is 3.57. The van der Waals surface area contributed by atoms with Gasteiger partial charge in [0.05, 0.1) is 0 Å². The monoisotopic (exact) mass is 318 g/mol. The molecule has 122 valence electrons. The van der Waals surface area contributed by atoms with Gasteiger partial charge in [0.25, 0.3) is 5.91 Å². The van der Waals surface area contributed by atoms with Gasteiger partial charge in [-0.3, -0.25) is 19.3 Å². The fourth-order valence-electron chi connectivity index (χ4n) is 2.15. The highest BCUT2D eigenvalue weighted by atomic mass is 16.5. The number of rotatable bonds is 6. The van der Waals surface area contributed by atoms with Gasteiger partial charge in [0.2, 0.25) is 0 Å². The number of benzene rings is 1. The largest absolute Gasteiger partial charge is 0.456 e. The number of ether oxygens (including phenoxy) is 1. The van der Waals surface area contributed by atoms with Crippen molar-refractivity contribution in [1.82, 2.24) is 9.80 Å². The summed E-state index contributed by atoms with van der Waals surface area (Å²) in [4.78, 5) is 48.8. The number of aryl methyl sites for hydroxylation is 1. The van der Waals surface area contributed by atoms with E-state index in [1.807, 2.05) is 19.1 Å². The molecular formula is C16H18N2O5. The summed E-state index contributed by atoms with van der Waals surface area (Å²) < 4.78 is 4.86. The summed E-state index contributed by atoms with van der Waals surface area (Å²) >= 11 is 0. The molecule has 2 rings (SSSR count). The number of hydrogen-bond acceptors (Lipinski definition) is 5. The quantitative estimate of drug-likeness (QED) is 0.441. The van der Waals surface area contributed by atoms with Crippen molar-refractivity contribution >= 4 is 23.7 Å². The van der Waals surface area contributed by atoms with E-state index in [2.05, 4.69) is 0 Å². The second-order valence-electron chi connectivity index (χ2n) is 5.25. The highest BCUT2D eigenvalue weighted by Gasteiger charge is 2.35. The molecule has 7 nitrogen and oxygen atoms in total. The number of esters is 1. The third kappa shape index (κ3) is 3.94. The molecule has 7 heteroatoms. The summed E-state index contributed by atoms with van der Waals surface area (Å²) in [7, 11) is 1.47. The SMILES string of the molecule is CCc1ccc(C(=O)COC(=O)CN2C(=O)CN(C)C2=O)cc1. The lowest BCUT2D eigenvalue weighted by Gasteiger charge is -2.13. The van der Waals surface area contributed by atoms with Crippen LogP contribution in [0.5, 0.6) is 0 Å². The van der Waals surface area contributed by atoms with Gasteiger partial charge in [0, 0.05) is 12.6 Å². The molecule has 1 fully saturated rings. The Morgan fingerprint density at radius 3 is 2.35 bits per heavy atom. The maximum atomic E-state index is 11.9. The van der Waals surface area contributed by atoms with E-state index in [0.29, 0.717) is 5.56 Å². The van der Waals surface area contributed by atoms with Crippen LogP contribution in [0, 0.1) is 0 Å². The van der Waals surface area contributed by atoms with E-state index in [0.717, 1.165) is 16.9 Å². The summed E-state index contributed by atoms with van der Waals surface area (Å²) in [6.07, 6.45) is 0.871. The zero-order valence-electron chi connectivity index (χ0n) is 13.1. The predicted molar refractivity (Wildman–Crippen MR) is 80.8 cm³/mol. The lowest BCUT2D eigenvalue weighted by Crippen LogP contribution is -2.37. The molecule has 0 saturated carbocycles. The zero-order chi connectivity index (χ0) is 17.0. The number of carbonyl (C=O) groups is 4. The molecule has 23 heavy (non-hydrogen) atoms. The smallest absolute Gasteiger partial charge is 0.327 e. The van der Waals surface area contributed by atoms with Gasteiger partial charge < -0.3 is 9.64 Å². The topological polar surface area (TPSA) is 84.0 Å². The number of hydrogen-bond donors (Lipinski definition) is 0. The van der Waals surface area contributed by atoms with Gasteiger partial charge in [0.15, 0.2) is 12.4 Å². The van der Waals surface area contributed by atoms with E-state index in [1.54, 1.807) is 12.1 Å². The van der Waals surface area contributed by atoms with Gasteiger partial charge in [-0.05, 0) is 12.0 Å². The van der Waals surface area contributed by atoms with Gasteiger partial charge >= 0.3 is 12.0 Å². The first-order chi connectivity index (χ1) is 10.9. The van der Waals surface area contributed by atoms with Gasteiger partial charge in [-0.25, -0.2) is 4.79 Å². The van der Waals surface area contributed by atoms with Crippen LogP contribution in [-0.4, -0.2) is 60.2 Å². The Labute approximate surface area is 133 Å². The van der Waals surface area contributed by atoms with Gasteiger partial charge in [-0.15, -0.1) is 0 Å². The Morgan fingerprint density at radius 2 is 1.83 bits per heavy atom. The Hall–Kier alpha value is -2.70. The third-order valence-electron chi connectivity index (χ3n) is 3.57. The number of ketones is 1. The number of imide groups is 1. The minimum absolute atomic E-state index is 0.0607. The van der Waals surface area contributed by atoms with Crippen molar-refractivity contribution in [3.05, 3.63) is 35.4 Å². The Bertz CT molecular complexity index is 638. The Morgan fingerprint density at radius 1 is 1.17 bits per heavy atom. The molecule has 1 aliphatic rings. The molecule has 0 unspecified atom stereocenters. The van der Waals surface area contributed by atoms with Crippen LogP contribution in [0.1, 0.15) is 22.8 Å². The van der Waals surface area contributed by atoms with Crippen molar-refractivity contribution in [3.8, 4) is 0 Å². The molecule has 0 aliphatic carbocycles. The molecule has 0 bridgehead atoms. The molecular weight excluding hydrogens is 300 g/mol. The van der Waals surface area contributed by atoms with Crippen molar-refractivity contribution < 1.29 is 23.9 Å². The summed E-state index contributed by atoms with van der Waals surface area (Å²) in [6.45, 7) is 1.05. The average Bonchev–Trinajstić information content (AvgIpc) is 2.79. The number of urea groups is 1. The average molecular weight is 318 g/mol. The Kier molecular flexibility index (Phi) is 5.10. The standard InChI is InChI=1S/C16H18N2O5/c1-3-11-4-6-12(7-5-11)13(19)10-23-15(21)9-18-14(20)8-17(2)16(18)22/h4-7H,3,8-10H2,1-2H3. The van der Waals surface area contributed by atoms with Crippen LogP contribution in [0.2, 0.25) is 0 Å². The maximum absolute atomic E-state index is 11.9. The van der Waals surface area contributed by atoms with Crippen molar-refractivity contribution in [2.24, 2.45) is 0 Å². The second-order valence-corrected chi connectivity index (χ2v) is 5.25. The second kappa shape index (κ2) is 7.04. The highest BCUT2D eigenvalue weighted by molar-refractivity contribution is 6.04. The van der Waals surface area contributed by atoms with Crippen LogP contribution in [-0.2, 0) is 20.7 Å². The number of amides is 3. The normalized spacial score (nSPS) is 14.3. The molecule has 0 atom stereocenters. The fourth-order valence-corrected chi connectivity index (χ4v) is 2.15. The van der Waals surface area contributed by atoms with E-state index in [-0.39, 0.29) is 12.3 Å². The van der Waals surface area contributed by atoms with E-state index >= 15 is 0 Å². The van der Waals surface area contributed by atoms with E-state index in [9.17, 15) is 19.2 Å². The van der Waals surface area contributed by atoms with Crippen molar-refractivity contribution in [2.45, 2.75) is 13.3 Å². The zero-order valence-corrected chi connectivity index (χ0v) is 13.1. The van der Waals surface area contributed by atoms with Gasteiger partial charge in [-0.2, -0.15) is 0 Å². The molecule has 1 aliphatic heterocycles. The van der Waals surface area contributed by atoms with Crippen molar-refractivity contribution in [2.75, 3.05) is 26.7 Å². The molecule has 0 N–H and O–H groups in total. The molecule has 3 amide bonds. The lowest BCUT2D eigenvalue weighted by atomic mass is 10.1. The van der Waals surface area contributed by atoms with Crippen molar-refractivity contribution in [1.29, 1.82) is 0 Å². The minimum atomic E-state index is -0.791. The summed E-state index contributed by atoms with van der Waals surface area (Å²) in [5.41, 5.74) is 1.55. The van der Waals surface area contributed by atoms with Crippen LogP contribution in [0.25, 0.3) is 0 Å². The molecule has 0 aromatic heterocycles. The van der Waals surface area contributed by atoms with E-state index in [1.165, 1.54) is 11.9 Å². The van der Waals surface area contributed by atoms with Gasteiger partial charge in [-0.1, -0.05) is 31.2 Å². The van der Waals surface area contributed by atoms with E-state index < -0.39 is 31.1 Å². The first-order valence-corrected chi connectivity index (χ1v) is 7.25. The molecule has 1 aromatic rings. The van der Waals surface area contributed by atoms with E-state index in [4.69, 9.17) is 4.74 Å². The van der Waals surface area contributed by atoms with Crippen molar-refractivity contribution in [3.63, 3.8) is 0 Å². The van der Waals surface area contributed by atoms with Crippen LogP contribution in [0.3, 0.4) is 0 Å². The Balaban J connectivity index is 1.85. The van der Waals surface area contributed by atoms with Crippen LogP contribution in [0.4, 0.5) is 4.79 Å². The minimum Gasteiger partial charge on any atom is -0.456 e. The molecule has 0 spiro atoms. The lowest BCUT2D eigenvalue weighted by molar-refractivity contribution is -0.145. The number of Topliss-reactive ketones (excluding diaryl/α,β-unsaturated/α-hetero) is 1. The van der Waals surface area contributed by atoms with Crippen LogP contribution < -0.4 is 0 Å². The molecule has 1 aromatic carbocycles. The fraction of sp³-hybridized carbons (Fsp3) is 0.375. The highest BCUT2D eigenvalue weighted by Crippen LogP contribution is 2.09. The number of likely N-dealkylation sites (N-methyl/N-ethyl adjacent to an activating group) is 1. The molecule has 1 saturated heterocycles. The first kappa shape index (κ1) is 16.7. The predicted octanol–water partition coefficient (Wildman–Crippen LogP) is 0.869. The molecule has 1 heterocycles. The van der Waals surface area contributed by atoms with Crippen LogP contribution in [0.15, 0.2) is 24.3 Å². The summed E-state index contributed by atoms with van der Waals surface area (Å²) in [6, 6.07) is 6.49. The maximum Gasteiger partial charge on any atom is 0.327 e. The number of nitrogens with zero attached hydrogens (tertiary/aromatic N) is 2. The molecule has 0 radical (unpaired) electrons. The summed E-state index contributed by atoms with van der Waals surface area (Å²) in [5, 5.41) is 0. The van der Waals surface area contributed by atoms with Crippen LogP contribution >= 0.6 is 0 Å².